The van der Waals surface area contributed by atoms with Gasteiger partial charge in [-0.15, -0.1) is 0 Å². The van der Waals surface area contributed by atoms with Crippen molar-refractivity contribution < 1.29 is 28.7 Å². The van der Waals surface area contributed by atoms with Crippen molar-refractivity contribution in [1.82, 2.24) is 5.01 Å². The molecule has 1 unspecified atom stereocenters. The van der Waals surface area contributed by atoms with Crippen molar-refractivity contribution in [3.63, 3.8) is 0 Å². The molecule has 0 fully saturated rings. The van der Waals surface area contributed by atoms with Gasteiger partial charge in [-0.25, -0.2) is 5.84 Å². The second-order valence-electron chi connectivity index (χ2n) is 10.6. The minimum absolute atomic E-state index is 0.0129. The average molecular weight is 575 g/mol. The highest BCUT2D eigenvalue weighted by Gasteiger charge is 2.27. The van der Waals surface area contributed by atoms with Crippen molar-refractivity contribution >= 4 is 29.3 Å². The van der Waals surface area contributed by atoms with E-state index in [0.717, 1.165) is 10.6 Å². The molecule has 10 heteroatoms. The molecule has 0 spiro atoms. The van der Waals surface area contributed by atoms with Gasteiger partial charge in [-0.2, -0.15) is 0 Å². The molecule has 5 N–H and O–H groups in total. The van der Waals surface area contributed by atoms with Crippen molar-refractivity contribution in [2.24, 2.45) is 11.6 Å². The lowest BCUT2D eigenvalue weighted by Gasteiger charge is -2.24. The van der Waals surface area contributed by atoms with Gasteiger partial charge in [0.1, 0.15) is 17.2 Å². The summed E-state index contributed by atoms with van der Waals surface area (Å²) in [6, 6.07) is 16.3. The third-order valence-corrected chi connectivity index (χ3v) is 6.72. The van der Waals surface area contributed by atoms with Gasteiger partial charge in [-0.3, -0.25) is 24.2 Å². The SMILES string of the molecule is CCC(=O)c1cc(OC(C)=O)c(C(=O)N(N)C(C)CC)cc1C(=O)Nc1ccc(Oc2ccc(C(C)(C)N)cc2)cc1. The Bertz CT molecular complexity index is 1460. The Labute approximate surface area is 245 Å². The zero-order chi connectivity index (χ0) is 31.2. The summed E-state index contributed by atoms with van der Waals surface area (Å²) in [4.78, 5) is 51.3. The summed E-state index contributed by atoms with van der Waals surface area (Å²) in [5.41, 5.74) is 6.92. The molecule has 0 aliphatic carbocycles. The van der Waals surface area contributed by atoms with Crippen LogP contribution >= 0.6 is 0 Å². The van der Waals surface area contributed by atoms with E-state index in [0.29, 0.717) is 23.6 Å². The molecule has 2 amide bonds. The van der Waals surface area contributed by atoms with Crippen LogP contribution in [0.3, 0.4) is 0 Å². The highest BCUT2D eigenvalue weighted by Crippen LogP contribution is 2.29. The van der Waals surface area contributed by atoms with Crippen LogP contribution < -0.4 is 26.4 Å². The molecule has 3 aromatic rings. The smallest absolute Gasteiger partial charge is 0.308 e. The van der Waals surface area contributed by atoms with Gasteiger partial charge in [-0.05, 0) is 81.3 Å². The number of esters is 1. The third kappa shape index (κ3) is 7.80. The first kappa shape index (κ1) is 32.0. The van der Waals surface area contributed by atoms with E-state index >= 15 is 0 Å². The number of hydrazine groups is 1. The van der Waals surface area contributed by atoms with E-state index < -0.39 is 23.3 Å². The Morgan fingerprint density at radius 2 is 1.48 bits per heavy atom. The standard InChI is InChI=1S/C32H38N4O6/c1-7-19(3)36(34)31(40)27-17-26(25(28(38)8-2)18-29(27)41-20(4)37)30(39)35-22-11-15-24(16-12-22)42-23-13-9-21(10-14-23)32(5,6)33/h9-19H,7-8,33-34H2,1-6H3,(H,35,39). The lowest BCUT2D eigenvalue weighted by atomic mass is 9.96. The summed E-state index contributed by atoms with van der Waals surface area (Å²) >= 11 is 0. The fourth-order valence-corrected chi connectivity index (χ4v) is 4.02. The Balaban J connectivity index is 1.90. The third-order valence-electron chi connectivity index (χ3n) is 6.72. The monoisotopic (exact) mass is 574 g/mol. The molecule has 0 radical (unpaired) electrons. The molecule has 0 aliphatic heterocycles. The van der Waals surface area contributed by atoms with Crippen molar-refractivity contribution in [2.45, 2.75) is 66.0 Å². The van der Waals surface area contributed by atoms with Crippen LogP contribution in [0.25, 0.3) is 0 Å². The van der Waals surface area contributed by atoms with Crippen LogP contribution in [0.2, 0.25) is 0 Å². The minimum atomic E-state index is -0.690. The van der Waals surface area contributed by atoms with Crippen molar-refractivity contribution in [3.8, 4) is 17.2 Å². The summed E-state index contributed by atoms with van der Waals surface area (Å²) in [7, 11) is 0. The molecule has 1 atom stereocenters. The summed E-state index contributed by atoms with van der Waals surface area (Å²) in [6.07, 6.45) is 0.653. The number of nitrogens with one attached hydrogen (secondary N) is 1. The van der Waals surface area contributed by atoms with Crippen molar-refractivity contribution in [1.29, 1.82) is 0 Å². The molecule has 0 saturated heterocycles. The number of carbonyl (C=O) groups is 4. The number of hydrogen-bond donors (Lipinski definition) is 3. The highest BCUT2D eigenvalue weighted by molar-refractivity contribution is 6.14. The van der Waals surface area contributed by atoms with E-state index in [-0.39, 0.29) is 40.7 Å². The van der Waals surface area contributed by atoms with E-state index in [1.54, 1.807) is 38.1 Å². The molecule has 0 saturated carbocycles. The molecule has 222 valence electrons. The Morgan fingerprint density at radius 3 is 1.98 bits per heavy atom. The first-order valence-electron chi connectivity index (χ1n) is 13.7. The van der Waals surface area contributed by atoms with E-state index in [1.165, 1.54) is 19.1 Å². The topological polar surface area (TPSA) is 154 Å². The number of carbonyl (C=O) groups excluding carboxylic acids is 4. The van der Waals surface area contributed by atoms with Gasteiger partial charge in [0.25, 0.3) is 11.8 Å². The number of anilines is 1. The number of Topliss-reactive ketones (excluding diaryl/α,β-unsaturated/α-hetero) is 1. The number of rotatable bonds is 11. The quantitative estimate of drug-likeness (QED) is 0.0672. The maximum atomic E-state index is 13.4. The number of amides is 2. The molecule has 3 rings (SSSR count). The van der Waals surface area contributed by atoms with Gasteiger partial charge in [0.2, 0.25) is 0 Å². The minimum Gasteiger partial charge on any atom is -0.457 e. The van der Waals surface area contributed by atoms with Gasteiger partial charge < -0.3 is 20.5 Å². The second-order valence-corrected chi connectivity index (χ2v) is 10.6. The maximum Gasteiger partial charge on any atom is 0.308 e. The average Bonchev–Trinajstić information content (AvgIpc) is 2.95. The van der Waals surface area contributed by atoms with Crippen LogP contribution in [0, 0.1) is 0 Å². The van der Waals surface area contributed by atoms with E-state index in [9.17, 15) is 19.2 Å². The fraction of sp³-hybridized carbons (Fsp3) is 0.312. The summed E-state index contributed by atoms with van der Waals surface area (Å²) in [5.74, 6) is 4.70. The molecule has 42 heavy (non-hydrogen) atoms. The number of benzene rings is 3. The molecular formula is C32H38N4O6. The van der Waals surface area contributed by atoms with E-state index in [1.807, 2.05) is 45.0 Å². The second kappa shape index (κ2) is 13.4. The van der Waals surface area contributed by atoms with Crippen molar-refractivity contribution in [3.05, 3.63) is 82.9 Å². The van der Waals surface area contributed by atoms with Crippen LogP contribution in [0.5, 0.6) is 17.2 Å². The molecule has 0 aromatic heterocycles. The van der Waals surface area contributed by atoms with Crippen LogP contribution in [0.1, 0.15) is 91.0 Å². The van der Waals surface area contributed by atoms with Crippen LogP contribution in [-0.4, -0.2) is 34.6 Å². The lowest BCUT2D eigenvalue weighted by molar-refractivity contribution is -0.131. The summed E-state index contributed by atoms with van der Waals surface area (Å²) in [5, 5.41) is 3.77. The zero-order valence-corrected chi connectivity index (χ0v) is 24.8. The van der Waals surface area contributed by atoms with Crippen LogP contribution in [0.15, 0.2) is 60.7 Å². The number of ether oxygens (including phenoxy) is 2. The maximum absolute atomic E-state index is 13.4. The summed E-state index contributed by atoms with van der Waals surface area (Å²) < 4.78 is 11.2. The predicted molar refractivity (Wildman–Crippen MR) is 161 cm³/mol. The van der Waals surface area contributed by atoms with Gasteiger partial charge in [-0.1, -0.05) is 26.0 Å². The molecule has 10 nitrogen and oxygen atoms in total. The fourth-order valence-electron chi connectivity index (χ4n) is 4.02. The van der Waals surface area contributed by atoms with Gasteiger partial charge in [0.05, 0.1) is 11.1 Å². The van der Waals surface area contributed by atoms with E-state index in [2.05, 4.69) is 5.32 Å². The molecular weight excluding hydrogens is 536 g/mol. The normalized spacial score (nSPS) is 11.8. The van der Waals surface area contributed by atoms with Crippen LogP contribution in [0.4, 0.5) is 5.69 Å². The largest absolute Gasteiger partial charge is 0.457 e. The number of ketones is 1. The van der Waals surface area contributed by atoms with Crippen molar-refractivity contribution in [2.75, 3.05) is 5.32 Å². The Kier molecular flexibility index (Phi) is 10.2. The number of hydrogen-bond acceptors (Lipinski definition) is 8. The zero-order valence-electron chi connectivity index (χ0n) is 24.8. The van der Waals surface area contributed by atoms with Crippen LogP contribution in [-0.2, 0) is 10.3 Å². The first-order chi connectivity index (χ1) is 19.7. The first-order valence-corrected chi connectivity index (χ1v) is 13.7. The Morgan fingerprint density at radius 1 is 0.905 bits per heavy atom. The summed E-state index contributed by atoms with van der Waals surface area (Å²) in [6.45, 7) is 10.3. The lowest BCUT2D eigenvalue weighted by Crippen LogP contribution is -2.44. The van der Waals surface area contributed by atoms with Gasteiger partial charge in [0.15, 0.2) is 5.78 Å². The highest BCUT2D eigenvalue weighted by atomic mass is 16.5. The molecule has 0 heterocycles. The Hall–Kier alpha value is -4.54. The molecule has 0 bridgehead atoms. The molecule has 0 aliphatic rings. The van der Waals surface area contributed by atoms with E-state index in [4.69, 9.17) is 21.1 Å². The number of nitrogens with two attached hydrogens (primary N) is 2. The van der Waals surface area contributed by atoms with Gasteiger partial charge in [0, 0.05) is 36.2 Å². The van der Waals surface area contributed by atoms with Gasteiger partial charge >= 0.3 is 5.97 Å². The number of nitrogens with zero attached hydrogens (tertiary/aromatic N) is 1. The molecule has 3 aromatic carbocycles. The predicted octanol–water partition coefficient (Wildman–Crippen LogP) is 5.56.